The molecule has 0 saturated heterocycles. The molecule has 2 nitrogen and oxygen atoms in total. The standard InChI is InChI=1S/C12H7Br2F2NO/c13-6-3-4-8(15)9(10(6)16)12(18)11-7(14)2-1-5-17-11/h1-5,12,18H. The Bertz CT molecular complexity index is 592. The number of hydrogen-bond donors (Lipinski definition) is 1. The third kappa shape index (κ3) is 2.46. The Kier molecular flexibility index (Phi) is 4.09. The number of benzene rings is 1. The summed E-state index contributed by atoms with van der Waals surface area (Å²) in [7, 11) is 0. The SMILES string of the molecule is OC(c1ncccc1Br)c1c(F)ccc(Br)c1F. The van der Waals surface area contributed by atoms with Crippen LogP contribution in [-0.4, -0.2) is 10.1 Å². The van der Waals surface area contributed by atoms with Crippen LogP contribution in [0.4, 0.5) is 8.78 Å². The molecule has 0 saturated carbocycles. The number of aliphatic hydroxyl groups excluding tert-OH is 1. The van der Waals surface area contributed by atoms with E-state index in [4.69, 9.17) is 0 Å². The van der Waals surface area contributed by atoms with E-state index in [1.807, 2.05) is 0 Å². The van der Waals surface area contributed by atoms with E-state index in [-0.39, 0.29) is 10.2 Å². The van der Waals surface area contributed by atoms with Crippen LogP contribution in [0.25, 0.3) is 0 Å². The van der Waals surface area contributed by atoms with Crippen molar-refractivity contribution < 1.29 is 13.9 Å². The highest BCUT2D eigenvalue weighted by atomic mass is 79.9. The maximum absolute atomic E-state index is 13.8. The fourth-order valence-corrected chi connectivity index (χ4v) is 2.35. The molecule has 1 heterocycles. The average Bonchev–Trinajstić information content (AvgIpc) is 2.35. The summed E-state index contributed by atoms with van der Waals surface area (Å²) in [6.45, 7) is 0. The molecule has 6 heteroatoms. The van der Waals surface area contributed by atoms with Gasteiger partial charge in [0.2, 0.25) is 0 Å². The topological polar surface area (TPSA) is 33.1 Å². The molecule has 0 fully saturated rings. The van der Waals surface area contributed by atoms with E-state index < -0.39 is 23.3 Å². The van der Waals surface area contributed by atoms with Gasteiger partial charge < -0.3 is 5.11 Å². The van der Waals surface area contributed by atoms with E-state index in [1.54, 1.807) is 12.1 Å². The van der Waals surface area contributed by atoms with Crippen molar-refractivity contribution in [2.45, 2.75) is 6.10 Å². The van der Waals surface area contributed by atoms with Crippen molar-refractivity contribution in [1.29, 1.82) is 0 Å². The zero-order valence-electron chi connectivity index (χ0n) is 8.87. The van der Waals surface area contributed by atoms with E-state index in [0.29, 0.717) is 4.47 Å². The molecule has 1 aromatic carbocycles. The van der Waals surface area contributed by atoms with Gasteiger partial charge in [0, 0.05) is 10.7 Å². The van der Waals surface area contributed by atoms with Gasteiger partial charge in [-0.15, -0.1) is 0 Å². The Hall–Kier alpha value is -0.850. The number of nitrogens with zero attached hydrogens (tertiary/aromatic N) is 1. The van der Waals surface area contributed by atoms with Crippen LogP contribution in [0.3, 0.4) is 0 Å². The second kappa shape index (κ2) is 5.42. The van der Waals surface area contributed by atoms with Crippen LogP contribution in [-0.2, 0) is 0 Å². The highest BCUT2D eigenvalue weighted by molar-refractivity contribution is 9.10. The first kappa shape index (κ1) is 13.6. The third-order valence-electron chi connectivity index (χ3n) is 2.40. The fraction of sp³-hybridized carbons (Fsp3) is 0.0833. The van der Waals surface area contributed by atoms with E-state index in [2.05, 4.69) is 36.8 Å². The van der Waals surface area contributed by atoms with Crippen molar-refractivity contribution in [3.63, 3.8) is 0 Å². The molecule has 2 aromatic rings. The minimum Gasteiger partial charge on any atom is -0.382 e. The van der Waals surface area contributed by atoms with Gasteiger partial charge in [-0.2, -0.15) is 0 Å². The number of pyridine rings is 1. The van der Waals surface area contributed by atoms with Crippen LogP contribution in [0.2, 0.25) is 0 Å². The molecule has 1 atom stereocenters. The maximum atomic E-state index is 13.8. The zero-order chi connectivity index (χ0) is 13.3. The first-order valence-electron chi connectivity index (χ1n) is 4.94. The van der Waals surface area contributed by atoms with Gasteiger partial charge in [-0.05, 0) is 56.1 Å². The molecule has 1 unspecified atom stereocenters. The quantitative estimate of drug-likeness (QED) is 0.802. The molecular formula is C12H7Br2F2NO. The molecule has 0 radical (unpaired) electrons. The third-order valence-corrected chi connectivity index (χ3v) is 3.68. The van der Waals surface area contributed by atoms with Crippen LogP contribution in [0, 0.1) is 11.6 Å². The summed E-state index contributed by atoms with van der Waals surface area (Å²) in [6, 6.07) is 5.62. The molecule has 1 N–H and O–H groups in total. The normalized spacial score (nSPS) is 12.5. The van der Waals surface area contributed by atoms with Crippen LogP contribution in [0.5, 0.6) is 0 Å². The Labute approximate surface area is 119 Å². The molecule has 0 amide bonds. The Morgan fingerprint density at radius 1 is 1.11 bits per heavy atom. The van der Waals surface area contributed by atoms with Crippen molar-refractivity contribution in [3.05, 3.63) is 62.3 Å². The Morgan fingerprint density at radius 3 is 2.50 bits per heavy atom. The van der Waals surface area contributed by atoms with Gasteiger partial charge >= 0.3 is 0 Å². The first-order chi connectivity index (χ1) is 8.52. The molecule has 2 rings (SSSR count). The van der Waals surface area contributed by atoms with Gasteiger partial charge in [-0.25, -0.2) is 8.78 Å². The lowest BCUT2D eigenvalue weighted by Gasteiger charge is -2.14. The highest BCUT2D eigenvalue weighted by Crippen LogP contribution is 2.32. The molecule has 18 heavy (non-hydrogen) atoms. The lowest BCUT2D eigenvalue weighted by Crippen LogP contribution is -2.08. The van der Waals surface area contributed by atoms with Crippen molar-refractivity contribution in [2.75, 3.05) is 0 Å². The summed E-state index contributed by atoms with van der Waals surface area (Å²) in [5.41, 5.74) is -0.267. The number of halogens is 4. The lowest BCUT2D eigenvalue weighted by atomic mass is 10.0. The molecule has 0 bridgehead atoms. The summed E-state index contributed by atoms with van der Waals surface area (Å²) in [6.07, 6.45) is -0.0324. The minimum atomic E-state index is -1.47. The molecule has 94 valence electrons. The Morgan fingerprint density at radius 2 is 1.83 bits per heavy atom. The lowest BCUT2D eigenvalue weighted by molar-refractivity contribution is 0.203. The van der Waals surface area contributed by atoms with Gasteiger partial charge in [0.15, 0.2) is 0 Å². The molecular weight excluding hydrogens is 372 g/mol. The molecule has 0 spiro atoms. The summed E-state index contributed by atoms with van der Waals surface area (Å²) in [4.78, 5) is 3.92. The fourth-order valence-electron chi connectivity index (χ4n) is 1.53. The average molecular weight is 379 g/mol. The first-order valence-corrected chi connectivity index (χ1v) is 6.53. The molecule has 0 aliphatic carbocycles. The monoisotopic (exact) mass is 377 g/mol. The summed E-state index contributed by atoms with van der Waals surface area (Å²) < 4.78 is 28.0. The highest BCUT2D eigenvalue weighted by Gasteiger charge is 2.24. The van der Waals surface area contributed by atoms with E-state index in [1.165, 1.54) is 12.3 Å². The molecule has 0 aliphatic heterocycles. The number of rotatable bonds is 2. The van der Waals surface area contributed by atoms with Gasteiger partial charge in [0.05, 0.1) is 15.7 Å². The smallest absolute Gasteiger partial charge is 0.146 e. The van der Waals surface area contributed by atoms with Gasteiger partial charge in [0.1, 0.15) is 17.7 Å². The van der Waals surface area contributed by atoms with E-state index in [0.717, 1.165) is 6.07 Å². The van der Waals surface area contributed by atoms with Crippen molar-refractivity contribution in [1.82, 2.24) is 4.98 Å². The van der Waals surface area contributed by atoms with Crippen LogP contribution < -0.4 is 0 Å². The van der Waals surface area contributed by atoms with E-state index in [9.17, 15) is 13.9 Å². The molecule has 1 aromatic heterocycles. The predicted molar refractivity (Wildman–Crippen MR) is 70.1 cm³/mol. The second-order valence-corrected chi connectivity index (χ2v) is 5.24. The van der Waals surface area contributed by atoms with Gasteiger partial charge in [0.25, 0.3) is 0 Å². The second-order valence-electron chi connectivity index (χ2n) is 3.53. The number of aromatic nitrogens is 1. The zero-order valence-corrected chi connectivity index (χ0v) is 12.0. The van der Waals surface area contributed by atoms with Crippen molar-refractivity contribution in [3.8, 4) is 0 Å². The van der Waals surface area contributed by atoms with Crippen LogP contribution >= 0.6 is 31.9 Å². The van der Waals surface area contributed by atoms with Crippen LogP contribution in [0.15, 0.2) is 39.4 Å². The molecule has 0 aliphatic rings. The Balaban J connectivity index is 2.56. The van der Waals surface area contributed by atoms with Crippen molar-refractivity contribution >= 4 is 31.9 Å². The number of aliphatic hydroxyl groups is 1. The largest absolute Gasteiger partial charge is 0.382 e. The number of hydrogen-bond acceptors (Lipinski definition) is 2. The van der Waals surface area contributed by atoms with Crippen molar-refractivity contribution in [2.24, 2.45) is 0 Å². The summed E-state index contributed by atoms with van der Waals surface area (Å²) >= 11 is 6.14. The predicted octanol–water partition coefficient (Wildman–Crippen LogP) is 3.97. The maximum Gasteiger partial charge on any atom is 0.146 e. The van der Waals surface area contributed by atoms with Gasteiger partial charge in [-0.3, -0.25) is 4.98 Å². The summed E-state index contributed by atoms with van der Waals surface area (Å²) in [5, 5.41) is 10.1. The minimum absolute atomic E-state index is 0.0880. The van der Waals surface area contributed by atoms with E-state index >= 15 is 0 Å². The van der Waals surface area contributed by atoms with Crippen LogP contribution in [0.1, 0.15) is 17.4 Å². The van der Waals surface area contributed by atoms with Gasteiger partial charge in [-0.1, -0.05) is 0 Å². The summed E-state index contributed by atoms with van der Waals surface area (Å²) in [5.74, 6) is -1.65.